The second-order valence-corrected chi connectivity index (χ2v) is 5.24. The van der Waals surface area contributed by atoms with E-state index in [4.69, 9.17) is 4.74 Å². The van der Waals surface area contributed by atoms with E-state index in [9.17, 15) is 9.59 Å². The van der Waals surface area contributed by atoms with Crippen LogP contribution in [0.15, 0.2) is 24.3 Å². The first-order valence-electron chi connectivity index (χ1n) is 7.30. The van der Waals surface area contributed by atoms with Crippen LogP contribution in [0.2, 0.25) is 0 Å². The Labute approximate surface area is 126 Å². The Hall–Kier alpha value is -2.04. The van der Waals surface area contributed by atoms with E-state index in [0.717, 1.165) is 12.2 Å². The van der Waals surface area contributed by atoms with Crippen molar-refractivity contribution in [3.8, 4) is 5.75 Å². The van der Waals surface area contributed by atoms with Gasteiger partial charge in [-0.1, -0.05) is 26.8 Å². The summed E-state index contributed by atoms with van der Waals surface area (Å²) in [5, 5.41) is 5.26. The quantitative estimate of drug-likeness (QED) is 0.774. The fourth-order valence-electron chi connectivity index (χ4n) is 1.59. The maximum atomic E-state index is 11.7. The summed E-state index contributed by atoms with van der Waals surface area (Å²) in [7, 11) is 0. The van der Waals surface area contributed by atoms with Gasteiger partial charge in [0.1, 0.15) is 5.75 Å². The molecule has 116 valence electrons. The standard InChI is InChI=1S/C16H24N2O3/c1-4-15(19)17-11-16(20)18-13-6-5-7-14(10-13)21-9-8-12(2)3/h5-7,10,12H,4,8-9,11H2,1-3H3,(H,17,19)(H,18,20). The van der Waals surface area contributed by atoms with E-state index in [1.54, 1.807) is 19.1 Å². The highest BCUT2D eigenvalue weighted by Crippen LogP contribution is 2.17. The van der Waals surface area contributed by atoms with E-state index < -0.39 is 0 Å². The molecule has 0 fully saturated rings. The van der Waals surface area contributed by atoms with Crippen LogP contribution in [-0.2, 0) is 9.59 Å². The zero-order valence-electron chi connectivity index (χ0n) is 12.9. The van der Waals surface area contributed by atoms with Crippen LogP contribution in [0.4, 0.5) is 5.69 Å². The van der Waals surface area contributed by atoms with Crippen LogP contribution in [0.3, 0.4) is 0 Å². The topological polar surface area (TPSA) is 67.4 Å². The van der Waals surface area contributed by atoms with E-state index in [0.29, 0.717) is 24.6 Å². The SMILES string of the molecule is CCC(=O)NCC(=O)Nc1cccc(OCCC(C)C)c1. The molecule has 0 aliphatic carbocycles. The lowest BCUT2D eigenvalue weighted by Crippen LogP contribution is -2.32. The summed E-state index contributed by atoms with van der Waals surface area (Å²) in [4.78, 5) is 22.8. The van der Waals surface area contributed by atoms with Crippen molar-refractivity contribution in [1.29, 1.82) is 0 Å². The molecule has 0 aliphatic rings. The van der Waals surface area contributed by atoms with E-state index in [1.165, 1.54) is 0 Å². The van der Waals surface area contributed by atoms with Gasteiger partial charge in [0.25, 0.3) is 0 Å². The van der Waals surface area contributed by atoms with Crippen LogP contribution in [0.5, 0.6) is 5.75 Å². The average Bonchev–Trinajstić information content (AvgIpc) is 2.44. The molecule has 2 amide bonds. The summed E-state index contributed by atoms with van der Waals surface area (Å²) in [6.45, 7) is 6.66. The van der Waals surface area contributed by atoms with Gasteiger partial charge in [-0.15, -0.1) is 0 Å². The number of rotatable bonds is 8. The zero-order chi connectivity index (χ0) is 15.7. The first kappa shape index (κ1) is 17.0. The van der Waals surface area contributed by atoms with Gasteiger partial charge in [0.2, 0.25) is 11.8 Å². The molecule has 5 nitrogen and oxygen atoms in total. The molecule has 0 aliphatic heterocycles. The first-order valence-corrected chi connectivity index (χ1v) is 7.30. The molecule has 5 heteroatoms. The molecule has 0 atom stereocenters. The Morgan fingerprint density at radius 1 is 1.24 bits per heavy atom. The highest BCUT2D eigenvalue weighted by atomic mass is 16.5. The molecule has 0 unspecified atom stereocenters. The maximum absolute atomic E-state index is 11.7. The molecule has 0 saturated carbocycles. The third kappa shape index (κ3) is 7.34. The fourth-order valence-corrected chi connectivity index (χ4v) is 1.59. The molecule has 0 heterocycles. The number of hydrogen-bond donors (Lipinski definition) is 2. The van der Waals surface area contributed by atoms with Gasteiger partial charge in [-0.2, -0.15) is 0 Å². The minimum absolute atomic E-state index is 0.0227. The summed E-state index contributed by atoms with van der Waals surface area (Å²) in [5.74, 6) is 0.924. The third-order valence-corrected chi connectivity index (χ3v) is 2.85. The van der Waals surface area contributed by atoms with Gasteiger partial charge in [0.05, 0.1) is 13.2 Å². The number of amides is 2. The molecule has 1 aromatic rings. The number of carbonyl (C=O) groups is 2. The minimum atomic E-state index is -0.254. The molecule has 0 saturated heterocycles. The number of carbonyl (C=O) groups excluding carboxylic acids is 2. The van der Waals surface area contributed by atoms with Crippen molar-refractivity contribution in [3.05, 3.63) is 24.3 Å². The number of ether oxygens (including phenoxy) is 1. The Kier molecular flexibility index (Phi) is 7.29. The monoisotopic (exact) mass is 292 g/mol. The summed E-state index contributed by atoms with van der Waals surface area (Å²) in [5.41, 5.74) is 0.660. The molecule has 21 heavy (non-hydrogen) atoms. The van der Waals surface area contributed by atoms with Crippen molar-refractivity contribution < 1.29 is 14.3 Å². The van der Waals surface area contributed by atoms with Crippen molar-refractivity contribution in [2.24, 2.45) is 5.92 Å². The van der Waals surface area contributed by atoms with Gasteiger partial charge < -0.3 is 15.4 Å². The second kappa shape index (κ2) is 9.00. The van der Waals surface area contributed by atoms with Gasteiger partial charge in [-0.25, -0.2) is 0 Å². The van der Waals surface area contributed by atoms with E-state index in [1.807, 2.05) is 12.1 Å². The summed E-state index contributed by atoms with van der Waals surface area (Å²) in [6, 6.07) is 7.24. The second-order valence-electron chi connectivity index (χ2n) is 5.24. The normalized spacial score (nSPS) is 10.3. The molecule has 0 bridgehead atoms. The van der Waals surface area contributed by atoms with Crippen LogP contribution in [0.1, 0.15) is 33.6 Å². The van der Waals surface area contributed by atoms with Gasteiger partial charge >= 0.3 is 0 Å². The van der Waals surface area contributed by atoms with Gasteiger partial charge in [0, 0.05) is 18.2 Å². The zero-order valence-corrected chi connectivity index (χ0v) is 12.9. The molecule has 2 N–H and O–H groups in total. The third-order valence-electron chi connectivity index (χ3n) is 2.85. The van der Waals surface area contributed by atoms with Crippen LogP contribution in [-0.4, -0.2) is 25.0 Å². The lowest BCUT2D eigenvalue weighted by atomic mass is 10.1. The van der Waals surface area contributed by atoms with Gasteiger partial charge in [0.15, 0.2) is 0 Å². The van der Waals surface area contributed by atoms with Crippen LogP contribution in [0, 0.1) is 5.92 Å². The Morgan fingerprint density at radius 2 is 2.00 bits per heavy atom. The highest BCUT2D eigenvalue weighted by Gasteiger charge is 2.05. The smallest absolute Gasteiger partial charge is 0.243 e. The predicted molar refractivity (Wildman–Crippen MR) is 83.3 cm³/mol. The Bertz CT molecular complexity index is 472. The van der Waals surface area contributed by atoms with Crippen LogP contribution in [0.25, 0.3) is 0 Å². The average molecular weight is 292 g/mol. The van der Waals surface area contributed by atoms with Crippen molar-refractivity contribution in [2.75, 3.05) is 18.5 Å². The summed E-state index contributed by atoms with van der Waals surface area (Å²) >= 11 is 0. The maximum Gasteiger partial charge on any atom is 0.243 e. The molecule has 0 radical (unpaired) electrons. The van der Waals surface area contributed by atoms with E-state index >= 15 is 0 Å². The molecular weight excluding hydrogens is 268 g/mol. The number of nitrogens with one attached hydrogen (secondary N) is 2. The van der Waals surface area contributed by atoms with Crippen molar-refractivity contribution in [1.82, 2.24) is 5.32 Å². The minimum Gasteiger partial charge on any atom is -0.494 e. The fraction of sp³-hybridized carbons (Fsp3) is 0.500. The number of anilines is 1. The van der Waals surface area contributed by atoms with Crippen molar-refractivity contribution in [3.63, 3.8) is 0 Å². The van der Waals surface area contributed by atoms with Crippen molar-refractivity contribution in [2.45, 2.75) is 33.6 Å². The highest BCUT2D eigenvalue weighted by molar-refractivity contribution is 5.94. The molecular formula is C16H24N2O3. The van der Waals surface area contributed by atoms with Crippen LogP contribution < -0.4 is 15.4 Å². The first-order chi connectivity index (χ1) is 10.0. The largest absolute Gasteiger partial charge is 0.494 e. The molecule has 0 spiro atoms. The molecule has 1 aromatic carbocycles. The van der Waals surface area contributed by atoms with Crippen LogP contribution >= 0.6 is 0 Å². The van der Waals surface area contributed by atoms with E-state index in [2.05, 4.69) is 24.5 Å². The predicted octanol–water partition coefficient (Wildman–Crippen LogP) is 2.58. The van der Waals surface area contributed by atoms with Gasteiger partial charge in [-0.05, 0) is 24.5 Å². The van der Waals surface area contributed by atoms with E-state index in [-0.39, 0.29) is 18.4 Å². The molecule has 1 rings (SSSR count). The Balaban J connectivity index is 2.44. The Morgan fingerprint density at radius 3 is 2.67 bits per heavy atom. The number of hydrogen-bond acceptors (Lipinski definition) is 3. The summed E-state index contributed by atoms with van der Waals surface area (Å²) in [6.07, 6.45) is 1.35. The van der Waals surface area contributed by atoms with Crippen molar-refractivity contribution >= 4 is 17.5 Å². The lowest BCUT2D eigenvalue weighted by molar-refractivity contribution is -0.123. The van der Waals surface area contributed by atoms with Gasteiger partial charge in [-0.3, -0.25) is 9.59 Å². The molecule has 0 aromatic heterocycles. The number of benzene rings is 1. The summed E-state index contributed by atoms with van der Waals surface area (Å²) < 4.78 is 5.63. The lowest BCUT2D eigenvalue weighted by Gasteiger charge is -2.10.